The predicted molar refractivity (Wildman–Crippen MR) is 80.5 cm³/mol. The number of hydrogen-bond acceptors (Lipinski definition) is 4. The summed E-state index contributed by atoms with van der Waals surface area (Å²) in [5, 5.41) is 2.86. The number of aromatic nitrogens is 1. The van der Waals surface area contributed by atoms with Crippen molar-refractivity contribution in [1.82, 2.24) is 14.8 Å². The van der Waals surface area contributed by atoms with Crippen molar-refractivity contribution in [1.29, 1.82) is 0 Å². The fraction of sp³-hybridized carbons (Fsp3) is 0.600. The van der Waals surface area contributed by atoms with Crippen LogP contribution in [0, 0.1) is 0 Å². The van der Waals surface area contributed by atoms with Gasteiger partial charge in [0.15, 0.2) is 0 Å². The molecule has 1 aliphatic rings. The highest BCUT2D eigenvalue weighted by Gasteiger charge is 2.29. The van der Waals surface area contributed by atoms with E-state index in [1.54, 1.807) is 19.3 Å². The van der Waals surface area contributed by atoms with Crippen molar-refractivity contribution in [2.75, 3.05) is 32.8 Å². The van der Waals surface area contributed by atoms with E-state index in [4.69, 9.17) is 4.74 Å². The van der Waals surface area contributed by atoms with Crippen LogP contribution in [0.2, 0.25) is 0 Å². The van der Waals surface area contributed by atoms with E-state index in [0.29, 0.717) is 18.7 Å². The van der Waals surface area contributed by atoms with E-state index in [2.05, 4.69) is 24.1 Å². The molecule has 0 spiro atoms. The van der Waals surface area contributed by atoms with Gasteiger partial charge in [-0.05, 0) is 19.9 Å². The molecule has 1 aromatic heterocycles. The van der Waals surface area contributed by atoms with Crippen molar-refractivity contribution in [2.24, 2.45) is 7.05 Å². The van der Waals surface area contributed by atoms with E-state index in [1.807, 2.05) is 0 Å². The zero-order valence-electron chi connectivity index (χ0n) is 12.9. The predicted octanol–water partition coefficient (Wildman–Crippen LogP) is 0.226. The Morgan fingerprint density at radius 3 is 2.90 bits per heavy atom. The average molecular weight is 293 g/mol. The summed E-state index contributed by atoms with van der Waals surface area (Å²) >= 11 is 0. The highest BCUT2D eigenvalue weighted by atomic mass is 16.5. The number of carbonyl (C=O) groups excluding carboxylic acids is 1. The molecule has 2 heterocycles. The minimum atomic E-state index is -0.209. The van der Waals surface area contributed by atoms with Gasteiger partial charge in [0.05, 0.1) is 13.2 Å². The zero-order chi connectivity index (χ0) is 15.5. The molecule has 116 valence electrons. The smallest absolute Gasteiger partial charge is 0.251 e. The van der Waals surface area contributed by atoms with Crippen LogP contribution in [0.4, 0.5) is 0 Å². The Balaban J connectivity index is 1.86. The minimum absolute atomic E-state index is 0.00827. The van der Waals surface area contributed by atoms with Crippen LogP contribution in [0.5, 0.6) is 0 Å². The summed E-state index contributed by atoms with van der Waals surface area (Å²) < 4.78 is 6.91. The van der Waals surface area contributed by atoms with Gasteiger partial charge in [-0.15, -0.1) is 0 Å². The number of nitrogens with one attached hydrogen (secondary N) is 1. The van der Waals surface area contributed by atoms with E-state index >= 15 is 0 Å². The molecule has 21 heavy (non-hydrogen) atoms. The lowest BCUT2D eigenvalue weighted by Crippen LogP contribution is -2.54. The summed E-state index contributed by atoms with van der Waals surface area (Å²) in [4.78, 5) is 25.8. The van der Waals surface area contributed by atoms with Gasteiger partial charge in [0.1, 0.15) is 0 Å². The Kier molecular flexibility index (Phi) is 4.80. The number of carbonyl (C=O) groups is 1. The lowest BCUT2D eigenvalue weighted by molar-refractivity contribution is -0.0498. The number of aryl methyl sites for hydroxylation is 1. The fourth-order valence-corrected chi connectivity index (χ4v) is 2.40. The molecule has 1 fully saturated rings. The maximum Gasteiger partial charge on any atom is 0.251 e. The third-order valence-electron chi connectivity index (χ3n) is 3.85. The van der Waals surface area contributed by atoms with Gasteiger partial charge in [0, 0.05) is 50.0 Å². The van der Waals surface area contributed by atoms with Crippen LogP contribution in [0.25, 0.3) is 0 Å². The number of amides is 1. The number of morpholine rings is 1. The fourth-order valence-electron chi connectivity index (χ4n) is 2.40. The van der Waals surface area contributed by atoms with E-state index in [-0.39, 0.29) is 17.0 Å². The molecule has 0 aliphatic carbocycles. The highest BCUT2D eigenvalue weighted by Crippen LogP contribution is 2.17. The molecule has 1 aromatic rings. The lowest BCUT2D eigenvalue weighted by Gasteiger charge is -2.42. The Labute approximate surface area is 124 Å². The van der Waals surface area contributed by atoms with Crippen LogP contribution in [-0.4, -0.2) is 53.8 Å². The van der Waals surface area contributed by atoms with E-state index in [9.17, 15) is 9.59 Å². The summed E-state index contributed by atoms with van der Waals surface area (Å²) in [5.41, 5.74) is 0.211. The van der Waals surface area contributed by atoms with E-state index in [1.165, 1.54) is 10.6 Å². The van der Waals surface area contributed by atoms with Crippen LogP contribution < -0.4 is 10.9 Å². The van der Waals surface area contributed by atoms with Gasteiger partial charge in [-0.3, -0.25) is 14.5 Å². The molecule has 0 atom stereocenters. The molecular formula is C15H23N3O3. The maximum atomic E-state index is 12.0. The van der Waals surface area contributed by atoms with Crippen LogP contribution in [0.3, 0.4) is 0 Å². The van der Waals surface area contributed by atoms with Gasteiger partial charge in [0.2, 0.25) is 0 Å². The van der Waals surface area contributed by atoms with Crippen molar-refractivity contribution in [2.45, 2.75) is 19.4 Å². The molecule has 0 unspecified atom stereocenters. The second-order valence-electron chi connectivity index (χ2n) is 5.97. The third-order valence-corrected chi connectivity index (χ3v) is 3.85. The highest BCUT2D eigenvalue weighted by molar-refractivity contribution is 5.93. The second kappa shape index (κ2) is 6.41. The molecule has 6 heteroatoms. The van der Waals surface area contributed by atoms with Gasteiger partial charge in [-0.1, -0.05) is 0 Å². The maximum absolute atomic E-state index is 12.0. The monoisotopic (exact) mass is 293 g/mol. The Morgan fingerprint density at radius 2 is 2.24 bits per heavy atom. The number of nitrogens with zero attached hydrogens (tertiary/aromatic N) is 2. The molecule has 1 aliphatic heterocycles. The first-order valence-corrected chi connectivity index (χ1v) is 7.18. The molecule has 0 aromatic carbocycles. The first kappa shape index (κ1) is 15.7. The molecule has 0 saturated carbocycles. The Bertz CT molecular complexity index is 566. The number of pyridine rings is 1. The van der Waals surface area contributed by atoms with Crippen molar-refractivity contribution >= 4 is 5.91 Å². The van der Waals surface area contributed by atoms with Gasteiger partial charge < -0.3 is 14.6 Å². The van der Waals surface area contributed by atoms with E-state index in [0.717, 1.165) is 19.7 Å². The quantitative estimate of drug-likeness (QED) is 0.863. The lowest BCUT2D eigenvalue weighted by atomic mass is 10.0. The second-order valence-corrected chi connectivity index (χ2v) is 5.97. The summed E-state index contributed by atoms with van der Waals surface area (Å²) in [5.74, 6) is -0.209. The molecule has 2 rings (SSSR count). The van der Waals surface area contributed by atoms with Crippen LogP contribution >= 0.6 is 0 Å². The standard InChI is InChI=1S/C15H23N3O3/c1-15(2)11-21-9-8-18(15)7-5-16-14(20)12-4-6-17(3)13(19)10-12/h4,6,10H,5,7-9,11H2,1-3H3,(H,16,20). The van der Waals surface area contributed by atoms with Crippen molar-refractivity contribution in [3.63, 3.8) is 0 Å². The Morgan fingerprint density at radius 1 is 1.48 bits per heavy atom. The average Bonchev–Trinajstić information content (AvgIpc) is 2.43. The molecule has 1 saturated heterocycles. The van der Waals surface area contributed by atoms with Crippen LogP contribution in [0.1, 0.15) is 24.2 Å². The van der Waals surface area contributed by atoms with E-state index < -0.39 is 0 Å². The SMILES string of the molecule is Cn1ccc(C(=O)NCCN2CCOCC2(C)C)cc1=O. The summed E-state index contributed by atoms with van der Waals surface area (Å²) in [7, 11) is 1.66. The first-order valence-electron chi connectivity index (χ1n) is 7.18. The third kappa shape index (κ3) is 3.92. The van der Waals surface area contributed by atoms with Gasteiger partial charge in [-0.25, -0.2) is 0 Å². The van der Waals surface area contributed by atoms with Crippen molar-refractivity contribution < 1.29 is 9.53 Å². The summed E-state index contributed by atoms with van der Waals surface area (Å²) in [6, 6.07) is 3.00. The van der Waals surface area contributed by atoms with Gasteiger partial charge >= 0.3 is 0 Å². The summed E-state index contributed by atoms with van der Waals surface area (Å²) in [6.07, 6.45) is 1.60. The largest absolute Gasteiger partial charge is 0.378 e. The molecule has 6 nitrogen and oxygen atoms in total. The molecule has 1 N–H and O–H groups in total. The first-order chi connectivity index (χ1) is 9.90. The van der Waals surface area contributed by atoms with Crippen molar-refractivity contribution in [3.8, 4) is 0 Å². The zero-order valence-corrected chi connectivity index (χ0v) is 12.9. The van der Waals surface area contributed by atoms with Crippen LogP contribution in [0.15, 0.2) is 23.1 Å². The molecular weight excluding hydrogens is 270 g/mol. The van der Waals surface area contributed by atoms with Gasteiger partial charge in [0.25, 0.3) is 11.5 Å². The number of rotatable bonds is 4. The number of ether oxygens (including phenoxy) is 1. The Hall–Kier alpha value is -1.66. The molecule has 0 bridgehead atoms. The number of hydrogen-bond donors (Lipinski definition) is 1. The normalized spacial score (nSPS) is 18.4. The van der Waals surface area contributed by atoms with Crippen molar-refractivity contribution in [3.05, 3.63) is 34.2 Å². The summed E-state index contributed by atoms with van der Waals surface area (Å²) in [6.45, 7) is 7.89. The van der Waals surface area contributed by atoms with Crippen LogP contribution in [-0.2, 0) is 11.8 Å². The molecule has 1 amide bonds. The minimum Gasteiger partial charge on any atom is -0.378 e. The van der Waals surface area contributed by atoms with Gasteiger partial charge in [-0.2, -0.15) is 0 Å². The topological polar surface area (TPSA) is 63.6 Å². The molecule has 0 radical (unpaired) electrons.